The van der Waals surface area contributed by atoms with Gasteiger partial charge in [-0.3, -0.25) is 4.79 Å². The minimum Gasteiger partial charge on any atom is -0.348 e. The summed E-state index contributed by atoms with van der Waals surface area (Å²) in [5.74, 6) is 1.75. The summed E-state index contributed by atoms with van der Waals surface area (Å²) in [5.41, 5.74) is 1.55. The topological polar surface area (TPSA) is 33.5 Å². The van der Waals surface area contributed by atoms with Crippen LogP contribution in [-0.2, 0) is 11.2 Å². The molecule has 4 atom stereocenters. The number of quaternary nitrogens is 1. The van der Waals surface area contributed by atoms with E-state index in [9.17, 15) is 4.79 Å². The predicted molar refractivity (Wildman–Crippen MR) is 93.7 cm³/mol. The Hall–Kier alpha value is -0.870. The number of carbonyl (C=O) groups excluding carboxylic acids is 1. The summed E-state index contributed by atoms with van der Waals surface area (Å²) in [7, 11) is 0. The minimum atomic E-state index is 0.281. The van der Waals surface area contributed by atoms with Gasteiger partial charge in [0, 0.05) is 28.8 Å². The molecule has 0 bridgehead atoms. The molecule has 1 amide bonds. The van der Waals surface area contributed by atoms with Crippen molar-refractivity contribution in [1.29, 1.82) is 0 Å². The van der Waals surface area contributed by atoms with Crippen LogP contribution in [0, 0.1) is 11.8 Å². The summed E-state index contributed by atoms with van der Waals surface area (Å²) >= 11 is 1.91. The second-order valence-corrected chi connectivity index (χ2v) is 8.89. The normalized spacial score (nSPS) is 34.0. The lowest BCUT2D eigenvalue weighted by Crippen LogP contribution is -3.14. The Morgan fingerprint density at radius 1 is 1.30 bits per heavy atom. The third kappa shape index (κ3) is 3.34. The molecule has 0 saturated heterocycles. The molecule has 1 aliphatic heterocycles. The van der Waals surface area contributed by atoms with Gasteiger partial charge in [0.15, 0.2) is 6.54 Å². The average Bonchev–Trinajstić information content (AvgIpc) is 3.26. The molecular formula is C19H29N2OS+. The number of rotatable bonds is 4. The molecule has 2 aliphatic carbocycles. The van der Waals surface area contributed by atoms with Crippen molar-refractivity contribution in [2.24, 2.45) is 11.8 Å². The van der Waals surface area contributed by atoms with E-state index < -0.39 is 0 Å². The van der Waals surface area contributed by atoms with Crippen molar-refractivity contribution in [1.82, 2.24) is 5.32 Å². The molecule has 1 unspecified atom stereocenters. The first kappa shape index (κ1) is 15.6. The fraction of sp³-hybridized carbons (Fsp3) is 0.737. The van der Waals surface area contributed by atoms with E-state index >= 15 is 0 Å². The second-order valence-electron chi connectivity index (χ2n) is 7.88. The number of amides is 1. The Kier molecular flexibility index (Phi) is 4.46. The van der Waals surface area contributed by atoms with Gasteiger partial charge in [0.05, 0.1) is 6.54 Å². The van der Waals surface area contributed by atoms with Gasteiger partial charge >= 0.3 is 0 Å². The Morgan fingerprint density at radius 2 is 2.13 bits per heavy atom. The van der Waals surface area contributed by atoms with Crippen molar-refractivity contribution in [2.45, 2.75) is 64.0 Å². The van der Waals surface area contributed by atoms with Crippen molar-refractivity contribution in [3.8, 4) is 0 Å². The molecule has 2 fully saturated rings. The Balaban J connectivity index is 1.40. The minimum absolute atomic E-state index is 0.281. The second kappa shape index (κ2) is 6.56. The van der Waals surface area contributed by atoms with Gasteiger partial charge in [-0.2, -0.15) is 0 Å². The highest BCUT2D eigenvalue weighted by Crippen LogP contribution is 2.42. The van der Waals surface area contributed by atoms with Crippen LogP contribution in [0.25, 0.3) is 0 Å². The molecule has 126 valence electrons. The van der Waals surface area contributed by atoms with Gasteiger partial charge < -0.3 is 10.2 Å². The van der Waals surface area contributed by atoms with Crippen molar-refractivity contribution in [3.05, 3.63) is 21.9 Å². The van der Waals surface area contributed by atoms with E-state index in [0.29, 0.717) is 24.5 Å². The quantitative estimate of drug-likeness (QED) is 0.871. The molecule has 0 spiro atoms. The van der Waals surface area contributed by atoms with Crippen LogP contribution in [0.4, 0.5) is 0 Å². The maximum atomic E-state index is 12.6. The van der Waals surface area contributed by atoms with E-state index in [-0.39, 0.29) is 5.91 Å². The summed E-state index contributed by atoms with van der Waals surface area (Å²) in [6.07, 6.45) is 8.89. The maximum Gasteiger partial charge on any atom is 0.275 e. The predicted octanol–water partition coefficient (Wildman–Crippen LogP) is 2.34. The Bertz CT molecular complexity index is 565. The Labute approximate surface area is 143 Å². The van der Waals surface area contributed by atoms with Gasteiger partial charge in [-0.15, -0.1) is 11.3 Å². The molecule has 23 heavy (non-hydrogen) atoms. The molecular weight excluding hydrogens is 304 g/mol. The third-order valence-electron chi connectivity index (χ3n) is 6.17. The number of nitrogens with one attached hydrogen (secondary N) is 2. The lowest BCUT2D eigenvalue weighted by molar-refractivity contribution is -0.928. The number of fused-ring (bicyclic) bond motifs is 1. The molecule has 2 N–H and O–H groups in total. The largest absolute Gasteiger partial charge is 0.348 e. The summed E-state index contributed by atoms with van der Waals surface area (Å²) < 4.78 is 0. The molecule has 2 heterocycles. The van der Waals surface area contributed by atoms with Gasteiger partial charge in [-0.25, -0.2) is 0 Å². The molecule has 4 rings (SSSR count). The molecule has 3 nitrogen and oxygen atoms in total. The summed E-state index contributed by atoms with van der Waals surface area (Å²) in [5, 5.41) is 5.60. The lowest BCUT2D eigenvalue weighted by atomic mass is 9.86. The van der Waals surface area contributed by atoms with E-state index in [1.165, 1.54) is 43.4 Å². The van der Waals surface area contributed by atoms with Crippen LogP contribution in [-0.4, -0.2) is 25.0 Å². The number of hydrogen-bond acceptors (Lipinski definition) is 2. The van der Waals surface area contributed by atoms with E-state index in [0.717, 1.165) is 18.9 Å². The maximum absolute atomic E-state index is 12.6. The van der Waals surface area contributed by atoms with Crippen LogP contribution < -0.4 is 10.2 Å². The van der Waals surface area contributed by atoms with E-state index in [4.69, 9.17) is 0 Å². The number of thiophene rings is 1. The zero-order chi connectivity index (χ0) is 15.8. The molecule has 0 aromatic carbocycles. The standard InChI is InChI=1S/C19H28N2OS/c1-13-4-2-3-5-16(13)20-18(22)12-21-10-8-17-15(9-11-23-17)19(21)14-6-7-14/h9,11,13-14,16,19H,2-8,10,12H2,1H3,(H,20,22)/p+1/t13-,16+,19-/m0/s1. The zero-order valence-corrected chi connectivity index (χ0v) is 15.0. The van der Waals surface area contributed by atoms with E-state index in [1.54, 1.807) is 10.4 Å². The lowest BCUT2D eigenvalue weighted by Gasteiger charge is -2.34. The van der Waals surface area contributed by atoms with Crippen LogP contribution in [0.15, 0.2) is 11.4 Å². The molecule has 1 aromatic heterocycles. The first-order valence-corrected chi connectivity index (χ1v) is 10.3. The smallest absolute Gasteiger partial charge is 0.275 e. The summed E-state index contributed by atoms with van der Waals surface area (Å²) in [6, 6.07) is 3.32. The number of hydrogen-bond donors (Lipinski definition) is 2. The highest BCUT2D eigenvalue weighted by Gasteiger charge is 2.43. The van der Waals surface area contributed by atoms with Crippen LogP contribution in [0.2, 0.25) is 0 Å². The van der Waals surface area contributed by atoms with Crippen LogP contribution >= 0.6 is 11.3 Å². The van der Waals surface area contributed by atoms with Crippen LogP contribution in [0.1, 0.15) is 61.9 Å². The molecule has 2 saturated carbocycles. The first-order chi connectivity index (χ1) is 11.2. The molecule has 1 aromatic rings. The van der Waals surface area contributed by atoms with Gasteiger partial charge in [-0.05, 0) is 43.0 Å². The highest BCUT2D eigenvalue weighted by atomic mass is 32.1. The van der Waals surface area contributed by atoms with Gasteiger partial charge in [0.1, 0.15) is 6.04 Å². The van der Waals surface area contributed by atoms with Crippen molar-refractivity contribution in [2.75, 3.05) is 13.1 Å². The molecule has 0 radical (unpaired) electrons. The third-order valence-corrected chi connectivity index (χ3v) is 7.16. The number of carbonyl (C=O) groups is 1. The SMILES string of the molecule is C[C@H]1CCCC[C@H]1NC(=O)C[NH+]1CCc2sccc2[C@@H]1C1CC1. The fourth-order valence-corrected chi connectivity index (χ4v) is 5.62. The van der Waals surface area contributed by atoms with Gasteiger partial charge in [-0.1, -0.05) is 19.8 Å². The first-order valence-electron chi connectivity index (χ1n) is 9.42. The van der Waals surface area contributed by atoms with E-state index in [1.807, 2.05) is 11.3 Å². The fourth-order valence-electron chi connectivity index (χ4n) is 4.69. The Morgan fingerprint density at radius 3 is 2.91 bits per heavy atom. The molecule has 3 aliphatic rings. The van der Waals surface area contributed by atoms with Crippen molar-refractivity contribution < 1.29 is 9.69 Å². The monoisotopic (exact) mass is 333 g/mol. The van der Waals surface area contributed by atoms with E-state index in [2.05, 4.69) is 23.7 Å². The molecule has 4 heteroatoms. The van der Waals surface area contributed by atoms with Gasteiger partial charge in [0.25, 0.3) is 5.91 Å². The summed E-state index contributed by atoms with van der Waals surface area (Å²) in [6.45, 7) is 4.09. The zero-order valence-electron chi connectivity index (χ0n) is 14.1. The highest BCUT2D eigenvalue weighted by molar-refractivity contribution is 7.10. The van der Waals surface area contributed by atoms with Crippen molar-refractivity contribution in [3.63, 3.8) is 0 Å². The van der Waals surface area contributed by atoms with Gasteiger partial charge in [0.2, 0.25) is 0 Å². The summed E-state index contributed by atoms with van der Waals surface area (Å²) in [4.78, 5) is 15.7. The van der Waals surface area contributed by atoms with Crippen LogP contribution in [0.3, 0.4) is 0 Å². The average molecular weight is 334 g/mol. The van der Waals surface area contributed by atoms with Crippen LogP contribution in [0.5, 0.6) is 0 Å². The van der Waals surface area contributed by atoms with Crippen molar-refractivity contribution >= 4 is 17.2 Å².